The Balaban J connectivity index is 1.44. The number of nitrogens with one attached hydrogen (secondary N) is 1. The van der Waals surface area contributed by atoms with Gasteiger partial charge in [0.05, 0.1) is 30.9 Å². The van der Waals surface area contributed by atoms with E-state index in [2.05, 4.69) is 30.4 Å². The van der Waals surface area contributed by atoms with Gasteiger partial charge in [-0.15, -0.1) is 0 Å². The molecule has 0 saturated carbocycles. The number of carbonyl (C=O) groups excluding carboxylic acids is 1. The van der Waals surface area contributed by atoms with Gasteiger partial charge in [-0.05, 0) is 37.6 Å². The minimum atomic E-state index is -0.552. The van der Waals surface area contributed by atoms with Gasteiger partial charge < -0.3 is 9.64 Å². The van der Waals surface area contributed by atoms with E-state index in [9.17, 15) is 9.18 Å². The summed E-state index contributed by atoms with van der Waals surface area (Å²) >= 11 is 0. The van der Waals surface area contributed by atoms with E-state index in [1.54, 1.807) is 30.5 Å². The predicted molar refractivity (Wildman–Crippen MR) is 115 cm³/mol. The minimum Gasteiger partial charge on any atom is -0.478 e. The third-order valence-electron chi connectivity index (χ3n) is 4.76. The molecule has 0 atom stereocenters. The Kier molecular flexibility index (Phi) is 6.11. The Morgan fingerprint density at radius 3 is 2.84 bits per heavy atom. The largest absolute Gasteiger partial charge is 0.478 e. The number of aromatic nitrogens is 3. The van der Waals surface area contributed by atoms with E-state index in [4.69, 9.17) is 4.74 Å². The molecule has 8 nitrogen and oxygen atoms in total. The van der Waals surface area contributed by atoms with Crippen LogP contribution in [0.25, 0.3) is 11.3 Å². The first-order valence-corrected chi connectivity index (χ1v) is 9.93. The minimum absolute atomic E-state index is 0.0818. The first kappa shape index (κ1) is 20.4. The van der Waals surface area contributed by atoms with Crippen LogP contribution in [0.15, 0.2) is 54.0 Å². The zero-order valence-electron chi connectivity index (χ0n) is 17.0. The molecule has 0 spiro atoms. The Morgan fingerprint density at radius 1 is 1.26 bits per heavy atom. The lowest BCUT2D eigenvalue weighted by Gasteiger charge is -2.33. The third-order valence-corrected chi connectivity index (χ3v) is 4.76. The molecule has 1 aliphatic rings. The summed E-state index contributed by atoms with van der Waals surface area (Å²) in [5.41, 5.74) is 4.86. The number of rotatable bonds is 7. The van der Waals surface area contributed by atoms with Crippen molar-refractivity contribution >= 4 is 17.8 Å². The second-order valence-corrected chi connectivity index (χ2v) is 6.85. The predicted octanol–water partition coefficient (Wildman–Crippen LogP) is 3.05. The molecule has 0 aliphatic carbocycles. The number of benzene rings is 1. The van der Waals surface area contributed by atoms with Crippen LogP contribution in [0, 0.1) is 5.82 Å². The second-order valence-electron chi connectivity index (χ2n) is 6.85. The molecule has 3 aromatic rings. The first-order valence-electron chi connectivity index (χ1n) is 9.93. The number of hydrazone groups is 1. The maximum atomic E-state index is 14.1. The molecule has 1 fully saturated rings. The summed E-state index contributed by atoms with van der Waals surface area (Å²) < 4.78 is 19.4. The van der Waals surface area contributed by atoms with Crippen molar-refractivity contribution in [1.82, 2.24) is 20.4 Å². The van der Waals surface area contributed by atoms with Crippen molar-refractivity contribution in [2.45, 2.75) is 13.3 Å². The van der Waals surface area contributed by atoms with Crippen LogP contribution < -0.4 is 15.1 Å². The maximum absolute atomic E-state index is 14.1. The smallest absolute Gasteiger partial charge is 0.291 e. The van der Waals surface area contributed by atoms with E-state index >= 15 is 0 Å². The van der Waals surface area contributed by atoms with Crippen LogP contribution in [0.5, 0.6) is 5.88 Å². The van der Waals surface area contributed by atoms with Crippen LogP contribution in [0.3, 0.4) is 0 Å². The molecule has 31 heavy (non-hydrogen) atoms. The summed E-state index contributed by atoms with van der Waals surface area (Å²) in [6, 6.07) is 8.36. The highest BCUT2D eigenvalue weighted by atomic mass is 19.1. The molecule has 1 amide bonds. The summed E-state index contributed by atoms with van der Waals surface area (Å²) in [5, 5.41) is 3.88. The van der Waals surface area contributed by atoms with Crippen molar-refractivity contribution in [3.8, 4) is 17.1 Å². The fraction of sp³-hybridized carbons (Fsp3) is 0.227. The summed E-state index contributed by atoms with van der Waals surface area (Å²) in [7, 11) is 0. The van der Waals surface area contributed by atoms with Crippen LogP contribution in [0.4, 0.5) is 10.1 Å². The molecule has 3 heterocycles. The fourth-order valence-corrected chi connectivity index (χ4v) is 3.00. The summed E-state index contributed by atoms with van der Waals surface area (Å²) in [6.45, 7) is 4.31. The van der Waals surface area contributed by atoms with E-state index in [-0.39, 0.29) is 5.69 Å². The standard InChI is InChI=1S/C22H21FN6O2/c1-2-31-21-7-4-15(11-25-21)19-13-24-14-20(27-19)22(30)28-26-12-16-10-17(5-6-18(16)23)29-8-3-9-29/h4-7,10-14H,2-3,8-9H2,1H3,(H,28,30)/b26-12+. The number of ether oxygens (including phenoxy) is 1. The monoisotopic (exact) mass is 420 g/mol. The number of carbonyl (C=O) groups is 1. The molecule has 9 heteroatoms. The number of hydrogen-bond acceptors (Lipinski definition) is 7. The number of pyridine rings is 1. The summed E-state index contributed by atoms with van der Waals surface area (Å²) in [5.74, 6) is -0.455. The molecule has 1 aromatic carbocycles. The topological polar surface area (TPSA) is 92.6 Å². The Morgan fingerprint density at radius 2 is 2.13 bits per heavy atom. The summed E-state index contributed by atoms with van der Waals surface area (Å²) in [6.07, 6.45) is 6.88. The zero-order chi connectivity index (χ0) is 21.6. The molecule has 4 rings (SSSR count). The van der Waals surface area contributed by atoms with Gasteiger partial charge in [0, 0.05) is 42.2 Å². The third kappa shape index (κ3) is 4.82. The normalized spacial score (nSPS) is 13.2. The highest BCUT2D eigenvalue weighted by Gasteiger charge is 2.15. The highest BCUT2D eigenvalue weighted by molar-refractivity contribution is 5.93. The number of nitrogens with zero attached hydrogens (tertiary/aromatic N) is 5. The average Bonchev–Trinajstić information content (AvgIpc) is 2.75. The van der Waals surface area contributed by atoms with Crippen LogP contribution in [0.1, 0.15) is 29.4 Å². The summed E-state index contributed by atoms with van der Waals surface area (Å²) in [4.78, 5) is 27.1. The van der Waals surface area contributed by atoms with Gasteiger partial charge in [-0.2, -0.15) is 5.10 Å². The molecular weight excluding hydrogens is 399 g/mol. The van der Waals surface area contributed by atoms with Gasteiger partial charge >= 0.3 is 0 Å². The van der Waals surface area contributed by atoms with Gasteiger partial charge in [0.2, 0.25) is 5.88 Å². The van der Waals surface area contributed by atoms with Gasteiger partial charge in [0.25, 0.3) is 5.91 Å². The molecule has 158 valence electrons. The molecule has 1 N–H and O–H groups in total. The number of hydrogen-bond donors (Lipinski definition) is 1. The molecule has 0 bridgehead atoms. The van der Waals surface area contributed by atoms with Crippen molar-refractivity contribution in [2.75, 3.05) is 24.6 Å². The van der Waals surface area contributed by atoms with Crippen molar-refractivity contribution < 1.29 is 13.9 Å². The van der Waals surface area contributed by atoms with Crippen molar-refractivity contribution in [3.63, 3.8) is 0 Å². The fourth-order valence-electron chi connectivity index (χ4n) is 3.00. The van der Waals surface area contributed by atoms with Crippen molar-refractivity contribution in [3.05, 3.63) is 66.0 Å². The van der Waals surface area contributed by atoms with E-state index in [0.717, 1.165) is 25.2 Å². The molecule has 1 aliphatic heterocycles. The molecule has 0 radical (unpaired) electrons. The first-order chi connectivity index (χ1) is 15.1. The van der Waals surface area contributed by atoms with E-state index in [1.165, 1.54) is 24.7 Å². The molecule has 1 saturated heterocycles. The lowest BCUT2D eigenvalue weighted by Crippen LogP contribution is -2.37. The number of anilines is 1. The van der Waals surface area contributed by atoms with Crippen molar-refractivity contribution in [2.24, 2.45) is 5.10 Å². The SMILES string of the molecule is CCOc1ccc(-c2cncc(C(=O)N/N=C/c3cc(N4CCC4)ccc3F)n2)cn1. The Labute approximate surface area is 178 Å². The van der Waals surface area contributed by atoms with Gasteiger partial charge in [0.1, 0.15) is 11.5 Å². The van der Waals surface area contributed by atoms with E-state index < -0.39 is 11.7 Å². The molecule has 2 aromatic heterocycles. The van der Waals surface area contributed by atoms with E-state index in [1.807, 2.05) is 6.92 Å². The van der Waals surface area contributed by atoms with Gasteiger partial charge in [0.15, 0.2) is 0 Å². The van der Waals surface area contributed by atoms with Crippen molar-refractivity contribution in [1.29, 1.82) is 0 Å². The highest BCUT2D eigenvalue weighted by Crippen LogP contribution is 2.22. The van der Waals surface area contributed by atoms with Crippen LogP contribution in [-0.2, 0) is 0 Å². The van der Waals surface area contributed by atoms with Crippen LogP contribution in [-0.4, -0.2) is 46.8 Å². The molecular formula is C22H21FN6O2. The van der Waals surface area contributed by atoms with Crippen LogP contribution >= 0.6 is 0 Å². The lowest BCUT2D eigenvalue weighted by atomic mass is 10.1. The average molecular weight is 420 g/mol. The Bertz CT molecular complexity index is 1100. The lowest BCUT2D eigenvalue weighted by molar-refractivity contribution is 0.0950. The second kappa shape index (κ2) is 9.29. The maximum Gasteiger partial charge on any atom is 0.291 e. The van der Waals surface area contributed by atoms with E-state index in [0.29, 0.717) is 29.3 Å². The van der Waals surface area contributed by atoms with Gasteiger partial charge in [-0.3, -0.25) is 9.78 Å². The van der Waals surface area contributed by atoms with Crippen LogP contribution in [0.2, 0.25) is 0 Å². The van der Waals surface area contributed by atoms with Gasteiger partial charge in [-0.1, -0.05) is 0 Å². The van der Waals surface area contributed by atoms with Gasteiger partial charge in [-0.25, -0.2) is 19.8 Å². The quantitative estimate of drug-likeness (QED) is 0.467. The Hall–Kier alpha value is -3.88. The zero-order valence-corrected chi connectivity index (χ0v) is 17.0. The molecule has 0 unspecified atom stereocenters. The number of halogens is 1. The number of amides is 1.